The molecule has 0 aliphatic carbocycles. The van der Waals surface area contributed by atoms with Gasteiger partial charge in [-0.2, -0.15) is 0 Å². The van der Waals surface area contributed by atoms with Gasteiger partial charge < -0.3 is 10.2 Å². The van der Waals surface area contributed by atoms with Gasteiger partial charge >= 0.3 is 92.9 Å². The van der Waals surface area contributed by atoms with Crippen LogP contribution in [0.5, 0.6) is 0 Å². The van der Waals surface area contributed by atoms with Gasteiger partial charge in [-0.25, -0.2) is 0 Å². The maximum absolute atomic E-state index is 9.99. The standard InChI is InChI=1S/C5H8O4.K.Na.2H/c1-2-3(4(6)7)5(8)9;;;;/h3H,2H2,1H3,(H,6,7)(H,8,9);;;;. The number of hydrogen-bond acceptors (Lipinski definition) is 2. The first-order valence-electron chi connectivity index (χ1n) is 2.55. The number of rotatable bonds is 3. The molecular formula is C5H10KNaO4. The average Bonchev–Trinajstić information content (AvgIpc) is 1.64. The quantitative estimate of drug-likeness (QED) is 0.443. The summed E-state index contributed by atoms with van der Waals surface area (Å²) in [5.41, 5.74) is 0. The fraction of sp³-hybridized carbons (Fsp3) is 0.600. The SMILES string of the molecule is CCC(C(=O)O)C(=O)O.[KH].[NaH]. The van der Waals surface area contributed by atoms with Crippen LogP contribution in [0.25, 0.3) is 0 Å². The fourth-order valence-electron chi connectivity index (χ4n) is 0.455. The second-order valence-electron chi connectivity index (χ2n) is 1.64. The van der Waals surface area contributed by atoms with E-state index in [0.29, 0.717) is 0 Å². The van der Waals surface area contributed by atoms with Crippen LogP contribution in [0.1, 0.15) is 13.3 Å². The Kier molecular flexibility index (Phi) is 16.1. The van der Waals surface area contributed by atoms with E-state index in [1.54, 1.807) is 0 Å². The molecular weight excluding hydrogens is 186 g/mol. The third kappa shape index (κ3) is 7.92. The van der Waals surface area contributed by atoms with Gasteiger partial charge in [0, 0.05) is 0 Å². The van der Waals surface area contributed by atoms with Crippen molar-refractivity contribution in [3.05, 3.63) is 0 Å². The van der Waals surface area contributed by atoms with Crippen molar-refractivity contribution in [2.75, 3.05) is 0 Å². The van der Waals surface area contributed by atoms with Gasteiger partial charge in [-0.3, -0.25) is 9.59 Å². The molecule has 11 heavy (non-hydrogen) atoms. The second-order valence-corrected chi connectivity index (χ2v) is 1.64. The number of carboxylic acid groups (broad SMARTS) is 2. The van der Waals surface area contributed by atoms with E-state index < -0.39 is 17.9 Å². The van der Waals surface area contributed by atoms with Crippen LogP contribution >= 0.6 is 0 Å². The monoisotopic (exact) mass is 196 g/mol. The summed E-state index contributed by atoms with van der Waals surface area (Å²) in [5, 5.41) is 16.3. The zero-order valence-electron chi connectivity index (χ0n) is 5.00. The van der Waals surface area contributed by atoms with Crippen LogP contribution < -0.4 is 0 Å². The molecule has 0 aliphatic rings. The van der Waals surface area contributed by atoms with Crippen LogP contribution in [0, 0.1) is 5.92 Å². The van der Waals surface area contributed by atoms with E-state index in [-0.39, 0.29) is 87.4 Å². The minimum atomic E-state index is -1.27. The summed E-state index contributed by atoms with van der Waals surface area (Å²) in [6.07, 6.45) is 0.130. The third-order valence-electron chi connectivity index (χ3n) is 1.00. The van der Waals surface area contributed by atoms with Crippen molar-refractivity contribution in [3.63, 3.8) is 0 Å². The van der Waals surface area contributed by atoms with Crippen molar-refractivity contribution in [1.29, 1.82) is 0 Å². The summed E-state index contributed by atoms with van der Waals surface area (Å²) in [6, 6.07) is 0. The van der Waals surface area contributed by atoms with Crippen LogP contribution in [0.4, 0.5) is 0 Å². The molecule has 56 valence electrons. The normalized spacial score (nSPS) is 7.82. The predicted molar refractivity (Wildman–Crippen MR) is 43.4 cm³/mol. The van der Waals surface area contributed by atoms with Crippen LogP contribution in [-0.4, -0.2) is 103 Å². The van der Waals surface area contributed by atoms with Gasteiger partial charge in [-0.05, 0) is 6.42 Å². The molecule has 0 amide bonds. The van der Waals surface area contributed by atoms with Gasteiger partial charge in [-0.1, -0.05) is 6.92 Å². The summed E-state index contributed by atoms with van der Waals surface area (Å²) in [7, 11) is 0. The molecule has 0 radical (unpaired) electrons. The number of carbonyl (C=O) groups is 2. The Morgan fingerprint density at radius 3 is 1.55 bits per heavy atom. The summed E-state index contributed by atoms with van der Waals surface area (Å²) in [4.78, 5) is 20.0. The summed E-state index contributed by atoms with van der Waals surface area (Å²) >= 11 is 0. The van der Waals surface area contributed by atoms with E-state index >= 15 is 0 Å². The van der Waals surface area contributed by atoms with Crippen LogP contribution in [0.2, 0.25) is 0 Å². The first-order chi connectivity index (χ1) is 4.09. The topological polar surface area (TPSA) is 74.6 Å². The molecule has 0 atom stereocenters. The Labute approximate surface area is 129 Å². The van der Waals surface area contributed by atoms with E-state index in [1.165, 1.54) is 6.92 Å². The van der Waals surface area contributed by atoms with Crippen molar-refractivity contribution in [2.45, 2.75) is 13.3 Å². The Balaban J connectivity index is -0.000000320. The van der Waals surface area contributed by atoms with Gasteiger partial charge in [-0.15, -0.1) is 0 Å². The zero-order chi connectivity index (χ0) is 7.44. The summed E-state index contributed by atoms with van der Waals surface area (Å²) in [5.74, 6) is -3.79. The molecule has 0 aliphatic heterocycles. The summed E-state index contributed by atoms with van der Waals surface area (Å²) in [6.45, 7) is 1.52. The molecule has 0 aromatic rings. The first kappa shape index (κ1) is 18.4. The second kappa shape index (κ2) is 9.66. The predicted octanol–water partition coefficient (Wildman–Crippen LogP) is -1.12. The first-order valence-corrected chi connectivity index (χ1v) is 2.55. The van der Waals surface area contributed by atoms with Crippen molar-refractivity contribution < 1.29 is 19.8 Å². The molecule has 0 heterocycles. The number of hydrogen-bond donors (Lipinski definition) is 2. The minimum absolute atomic E-state index is 0. The van der Waals surface area contributed by atoms with E-state index in [0.717, 1.165) is 0 Å². The Morgan fingerprint density at radius 2 is 1.55 bits per heavy atom. The van der Waals surface area contributed by atoms with Gasteiger partial charge in [0.1, 0.15) is 0 Å². The molecule has 0 aromatic heterocycles. The van der Waals surface area contributed by atoms with Crippen molar-refractivity contribution in [2.24, 2.45) is 5.92 Å². The average molecular weight is 196 g/mol. The van der Waals surface area contributed by atoms with Gasteiger partial charge in [0.15, 0.2) is 5.92 Å². The van der Waals surface area contributed by atoms with E-state index in [4.69, 9.17) is 10.2 Å². The number of carboxylic acids is 2. The molecule has 0 spiro atoms. The maximum atomic E-state index is 9.99. The van der Waals surface area contributed by atoms with Gasteiger partial charge in [0.25, 0.3) is 0 Å². The van der Waals surface area contributed by atoms with E-state index in [9.17, 15) is 9.59 Å². The molecule has 0 rings (SSSR count). The van der Waals surface area contributed by atoms with Crippen molar-refractivity contribution in [1.82, 2.24) is 0 Å². The van der Waals surface area contributed by atoms with Crippen molar-refractivity contribution >= 4 is 92.9 Å². The summed E-state index contributed by atoms with van der Waals surface area (Å²) < 4.78 is 0. The van der Waals surface area contributed by atoms with Gasteiger partial charge in [0.05, 0.1) is 0 Å². The molecule has 0 bridgehead atoms. The molecule has 6 heteroatoms. The third-order valence-corrected chi connectivity index (χ3v) is 1.00. The molecule has 0 saturated heterocycles. The van der Waals surface area contributed by atoms with Crippen LogP contribution in [0.3, 0.4) is 0 Å². The van der Waals surface area contributed by atoms with Gasteiger partial charge in [0.2, 0.25) is 0 Å². The Hall–Kier alpha value is 1.58. The van der Waals surface area contributed by atoms with Crippen molar-refractivity contribution in [3.8, 4) is 0 Å². The zero-order valence-corrected chi connectivity index (χ0v) is 5.00. The Morgan fingerprint density at radius 1 is 1.27 bits per heavy atom. The molecule has 4 nitrogen and oxygen atoms in total. The van der Waals surface area contributed by atoms with Crippen LogP contribution in [-0.2, 0) is 9.59 Å². The van der Waals surface area contributed by atoms with Crippen LogP contribution in [0.15, 0.2) is 0 Å². The molecule has 0 fully saturated rings. The molecule has 0 saturated carbocycles. The molecule has 2 N–H and O–H groups in total. The Bertz CT molecular complexity index is 124. The molecule has 0 aromatic carbocycles. The number of aliphatic carboxylic acids is 2. The fourth-order valence-corrected chi connectivity index (χ4v) is 0.455. The molecule has 0 unspecified atom stereocenters. The van der Waals surface area contributed by atoms with E-state index in [1.807, 2.05) is 0 Å². The van der Waals surface area contributed by atoms with E-state index in [2.05, 4.69) is 0 Å².